The summed E-state index contributed by atoms with van der Waals surface area (Å²) in [6, 6.07) is 7.37. The molecule has 1 amide bonds. The quantitative estimate of drug-likeness (QED) is 0.870. The van der Waals surface area contributed by atoms with Gasteiger partial charge in [-0.05, 0) is 30.7 Å². The van der Waals surface area contributed by atoms with Crippen LogP contribution < -0.4 is 4.74 Å². The van der Waals surface area contributed by atoms with Crippen molar-refractivity contribution in [2.24, 2.45) is 0 Å². The van der Waals surface area contributed by atoms with Crippen LogP contribution in [0.1, 0.15) is 22.5 Å². The van der Waals surface area contributed by atoms with Gasteiger partial charge in [-0.25, -0.2) is 4.68 Å². The van der Waals surface area contributed by atoms with E-state index in [0.717, 1.165) is 11.3 Å². The molecular formula is C18H21N3O5. The van der Waals surface area contributed by atoms with Gasteiger partial charge in [0, 0.05) is 19.3 Å². The van der Waals surface area contributed by atoms with Crippen molar-refractivity contribution in [3.8, 4) is 11.4 Å². The number of methoxy groups -OCH3 is 1. The van der Waals surface area contributed by atoms with Gasteiger partial charge < -0.3 is 19.5 Å². The van der Waals surface area contributed by atoms with Crippen LogP contribution in [-0.4, -0.2) is 64.6 Å². The number of morpholine rings is 1. The maximum Gasteiger partial charge on any atom is 0.306 e. The molecule has 3 rings (SSSR count). The third-order valence-electron chi connectivity index (χ3n) is 4.22. The van der Waals surface area contributed by atoms with Crippen LogP contribution in [0.2, 0.25) is 0 Å². The molecule has 2 heterocycles. The number of aromatic nitrogens is 2. The van der Waals surface area contributed by atoms with E-state index in [2.05, 4.69) is 5.10 Å². The number of amides is 1. The summed E-state index contributed by atoms with van der Waals surface area (Å²) in [5, 5.41) is 13.3. The first-order chi connectivity index (χ1) is 12.5. The largest absolute Gasteiger partial charge is 0.494 e. The zero-order chi connectivity index (χ0) is 18.7. The van der Waals surface area contributed by atoms with Crippen molar-refractivity contribution in [3.63, 3.8) is 0 Å². The number of carboxylic acid groups (broad SMARTS) is 1. The van der Waals surface area contributed by atoms with Crippen LogP contribution in [0.3, 0.4) is 0 Å². The molecule has 0 spiro atoms. The number of aliphatic carboxylic acids is 1. The molecule has 1 atom stereocenters. The number of rotatable bonds is 5. The summed E-state index contributed by atoms with van der Waals surface area (Å²) in [7, 11) is 1.58. The van der Waals surface area contributed by atoms with Crippen LogP contribution in [0.25, 0.3) is 5.69 Å². The lowest BCUT2D eigenvalue weighted by molar-refractivity contribution is -0.141. The first-order valence-electron chi connectivity index (χ1n) is 8.31. The molecule has 0 radical (unpaired) electrons. The molecule has 1 aliphatic rings. The van der Waals surface area contributed by atoms with Gasteiger partial charge in [-0.15, -0.1) is 0 Å². The van der Waals surface area contributed by atoms with Crippen LogP contribution in [0.15, 0.2) is 30.5 Å². The fourth-order valence-electron chi connectivity index (χ4n) is 2.94. The average molecular weight is 359 g/mol. The molecule has 1 fully saturated rings. The molecule has 0 bridgehead atoms. The van der Waals surface area contributed by atoms with E-state index < -0.39 is 12.1 Å². The average Bonchev–Trinajstić information content (AvgIpc) is 3.10. The highest BCUT2D eigenvalue weighted by atomic mass is 16.5. The summed E-state index contributed by atoms with van der Waals surface area (Å²) in [5.74, 6) is -0.528. The molecule has 0 aliphatic carbocycles. The van der Waals surface area contributed by atoms with E-state index in [1.54, 1.807) is 29.0 Å². The summed E-state index contributed by atoms with van der Waals surface area (Å²) in [4.78, 5) is 25.1. The number of ether oxygens (including phenoxy) is 2. The van der Waals surface area contributed by atoms with Crippen LogP contribution in [0.5, 0.6) is 5.75 Å². The highest BCUT2D eigenvalue weighted by molar-refractivity contribution is 5.92. The molecule has 138 valence electrons. The first-order valence-corrected chi connectivity index (χ1v) is 8.31. The van der Waals surface area contributed by atoms with E-state index in [1.165, 1.54) is 0 Å². The van der Waals surface area contributed by atoms with E-state index in [0.29, 0.717) is 24.6 Å². The lowest BCUT2D eigenvalue weighted by Crippen LogP contribution is -2.46. The number of carbonyl (C=O) groups is 2. The summed E-state index contributed by atoms with van der Waals surface area (Å²) >= 11 is 0. The molecule has 0 unspecified atom stereocenters. The maximum atomic E-state index is 12.7. The van der Waals surface area contributed by atoms with Gasteiger partial charge in [-0.2, -0.15) is 5.10 Å². The third kappa shape index (κ3) is 3.85. The van der Waals surface area contributed by atoms with Gasteiger partial charge in [0.25, 0.3) is 5.91 Å². The SMILES string of the molecule is COc1ccc(C)cc1-n1ccc(C(=O)N2CCO[C@H](CC(=O)O)C2)n1. The van der Waals surface area contributed by atoms with E-state index in [-0.39, 0.29) is 18.9 Å². The number of aryl methyl sites for hydroxylation is 1. The summed E-state index contributed by atoms with van der Waals surface area (Å²) in [6.45, 7) is 2.94. The predicted molar refractivity (Wildman–Crippen MR) is 92.7 cm³/mol. The second-order valence-corrected chi connectivity index (χ2v) is 6.16. The second-order valence-electron chi connectivity index (χ2n) is 6.16. The Bertz CT molecular complexity index is 817. The van der Waals surface area contributed by atoms with Crippen molar-refractivity contribution in [2.45, 2.75) is 19.4 Å². The van der Waals surface area contributed by atoms with Crippen molar-refractivity contribution in [3.05, 3.63) is 41.7 Å². The van der Waals surface area contributed by atoms with Gasteiger partial charge in [0.05, 0.1) is 26.2 Å². The summed E-state index contributed by atoms with van der Waals surface area (Å²) < 4.78 is 12.4. The minimum atomic E-state index is -0.944. The fraction of sp³-hybridized carbons (Fsp3) is 0.389. The number of carbonyl (C=O) groups excluding carboxylic acids is 1. The van der Waals surface area contributed by atoms with Gasteiger partial charge in [0.2, 0.25) is 0 Å². The van der Waals surface area contributed by atoms with E-state index >= 15 is 0 Å². The van der Waals surface area contributed by atoms with E-state index in [1.807, 2.05) is 25.1 Å². The van der Waals surface area contributed by atoms with Gasteiger partial charge in [-0.3, -0.25) is 9.59 Å². The first kappa shape index (κ1) is 17.9. The number of carboxylic acids is 1. The number of benzene rings is 1. The normalized spacial score (nSPS) is 17.2. The maximum absolute atomic E-state index is 12.7. The van der Waals surface area contributed by atoms with Crippen molar-refractivity contribution >= 4 is 11.9 Å². The molecule has 8 heteroatoms. The van der Waals surface area contributed by atoms with Gasteiger partial charge in [0.1, 0.15) is 11.4 Å². The zero-order valence-corrected chi connectivity index (χ0v) is 14.7. The van der Waals surface area contributed by atoms with Crippen LogP contribution in [-0.2, 0) is 9.53 Å². The Morgan fingerprint density at radius 2 is 2.19 bits per heavy atom. The Labute approximate surface area is 150 Å². The van der Waals surface area contributed by atoms with E-state index in [9.17, 15) is 9.59 Å². The van der Waals surface area contributed by atoms with Crippen LogP contribution in [0, 0.1) is 6.92 Å². The standard InChI is InChI=1S/C18H21N3O5/c1-12-3-4-16(25-2)15(9-12)21-6-5-14(19-21)18(24)20-7-8-26-13(11-20)10-17(22)23/h3-6,9,13H,7-8,10-11H2,1-2H3,(H,22,23)/t13-/m1/s1. The topological polar surface area (TPSA) is 93.9 Å². The van der Waals surface area contributed by atoms with E-state index in [4.69, 9.17) is 14.6 Å². The molecule has 1 aliphatic heterocycles. The number of nitrogens with zero attached hydrogens (tertiary/aromatic N) is 3. The number of hydrogen-bond donors (Lipinski definition) is 1. The number of hydrogen-bond acceptors (Lipinski definition) is 5. The van der Waals surface area contributed by atoms with Crippen molar-refractivity contribution in [1.29, 1.82) is 0 Å². The Hall–Kier alpha value is -2.87. The van der Waals surface area contributed by atoms with Crippen molar-refractivity contribution < 1.29 is 24.2 Å². The van der Waals surface area contributed by atoms with Gasteiger partial charge in [-0.1, -0.05) is 6.07 Å². The molecule has 26 heavy (non-hydrogen) atoms. The summed E-state index contributed by atoms with van der Waals surface area (Å²) in [5.41, 5.74) is 2.09. The summed E-state index contributed by atoms with van der Waals surface area (Å²) in [6.07, 6.45) is 1.09. The minimum absolute atomic E-state index is 0.126. The zero-order valence-electron chi connectivity index (χ0n) is 14.7. The second kappa shape index (κ2) is 7.57. The van der Waals surface area contributed by atoms with Crippen molar-refractivity contribution in [1.82, 2.24) is 14.7 Å². The smallest absolute Gasteiger partial charge is 0.306 e. The Morgan fingerprint density at radius 1 is 1.38 bits per heavy atom. The highest BCUT2D eigenvalue weighted by Crippen LogP contribution is 2.23. The lowest BCUT2D eigenvalue weighted by atomic mass is 10.2. The molecule has 1 aromatic heterocycles. The highest BCUT2D eigenvalue weighted by Gasteiger charge is 2.27. The Morgan fingerprint density at radius 3 is 2.92 bits per heavy atom. The predicted octanol–water partition coefficient (Wildman–Crippen LogP) is 1.51. The third-order valence-corrected chi connectivity index (χ3v) is 4.22. The monoisotopic (exact) mass is 359 g/mol. The molecule has 1 aromatic carbocycles. The Kier molecular flexibility index (Phi) is 5.22. The molecular weight excluding hydrogens is 338 g/mol. The molecule has 1 N–H and O–H groups in total. The van der Waals surface area contributed by atoms with Crippen LogP contribution in [0.4, 0.5) is 0 Å². The molecule has 2 aromatic rings. The van der Waals surface area contributed by atoms with Gasteiger partial charge in [0.15, 0.2) is 5.69 Å². The molecule has 1 saturated heterocycles. The minimum Gasteiger partial charge on any atom is -0.494 e. The fourth-order valence-corrected chi connectivity index (χ4v) is 2.94. The lowest BCUT2D eigenvalue weighted by Gasteiger charge is -2.31. The Balaban J connectivity index is 1.78. The van der Waals surface area contributed by atoms with Crippen molar-refractivity contribution in [2.75, 3.05) is 26.8 Å². The van der Waals surface area contributed by atoms with Crippen LogP contribution >= 0.6 is 0 Å². The van der Waals surface area contributed by atoms with Gasteiger partial charge >= 0.3 is 5.97 Å². The molecule has 8 nitrogen and oxygen atoms in total. The molecule has 0 saturated carbocycles.